The van der Waals surface area contributed by atoms with Gasteiger partial charge in [-0.15, -0.1) is 11.8 Å². The molecule has 90 valence electrons. The normalized spacial score (nSPS) is 12.2. The third-order valence-electron chi connectivity index (χ3n) is 2.04. The average Bonchev–Trinajstić information content (AvgIpc) is 2.57. The zero-order valence-corrected chi connectivity index (χ0v) is 11.4. The molecular weight excluding hydrogens is 244 g/mol. The molecular formula is C9H16N4OS2. The molecule has 0 spiro atoms. The number of carbonyl (C=O) groups excluding carboxylic acids is 1. The second-order valence-electron chi connectivity index (χ2n) is 3.53. The first-order chi connectivity index (χ1) is 7.47. The molecule has 0 aliphatic carbocycles. The fraction of sp³-hybridized carbons (Fsp3) is 0.556. The van der Waals surface area contributed by atoms with Crippen LogP contribution in [0.5, 0.6) is 0 Å². The number of nitrogens with zero attached hydrogens (tertiary/aromatic N) is 2. The summed E-state index contributed by atoms with van der Waals surface area (Å²) in [6.07, 6.45) is 1.93. The molecule has 7 heteroatoms. The topological polar surface area (TPSA) is 71.2 Å². The van der Waals surface area contributed by atoms with Crippen LogP contribution in [0.15, 0.2) is 4.90 Å². The van der Waals surface area contributed by atoms with Gasteiger partial charge in [-0.2, -0.15) is 4.37 Å². The number of anilines is 2. The van der Waals surface area contributed by atoms with Crippen LogP contribution in [-0.4, -0.2) is 41.6 Å². The van der Waals surface area contributed by atoms with E-state index >= 15 is 0 Å². The van der Waals surface area contributed by atoms with Crippen molar-refractivity contribution in [1.82, 2.24) is 9.27 Å². The highest BCUT2D eigenvalue weighted by molar-refractivity contribution is 7.99. The number of thioether (sulfide) groups is 1. The lowest BCUT2D eigenvalue weighted by Gasteiger charge is -2.18. The Hall–Kier alpha value is -0.950. The summed E-state index contributed by atoms with van der Waals surface area (Å²) in [4.78, 5) is 14.1. The van der Waals surface area contributed by atoms with Gasteiger partial charge in [-0.05, 0) is 24.7 Å². The second-order valence-corrected chi connectivity index (χ2v) is 5.12. The van der Waals surface area contributed by atoms with E-state index in [1.807, 2.05) is 13.2 Å². The van der Waals surface area contributed by atoms with E-state index in [4.69, 9.17) is 5.73 Å². The zero-order chi connectivity index (χ0) is 12.3. The van der Waals surface area contributed by atoms with Crippen LogP contribution in [0.1, 0.15) is 6.92 Å². The van der Waals surface area contributed by atoms with Crippen LogP contribution in [-0.2, 0) is 4.79 Å². The molecule has 5 nitrogen and oxygen atoms in total. The van der Waals surface area contributed by atoms with Crippen LogP contribution in [0.25, 0.3) is 0 Å². The fourth-order valence-corrected chi connectivity index (χ4v) is 2.85. The molecule has 3 N–H and O–H groups in total. The highest BCUT2D eigenvalue weighted by Gasteiger charge is 2.18. The molecule has 0 saturated heterocycles. The molecule has 0 saturated carbocycles. The maximum Gasteiger partial charge on any atom is 0.244 e. The van der Waals surface area contributed by atoms with Crippen molar-refractivity contribution in [2.75, 3.05) is 31.4 Å². The highest BCUT2D eigenvalue weighted by Crippen LogP contribution is 2.34. The standard InChI is InChI=1S/C9H16N4OS2/c1-5(9(14)13(2)3)11-8-6(15-4)7(10)12-16-8/h5,11H,1-4H3,(H2,10,12). The number of aromatic nitrogens is 1. The highest BCUT2D eigenvalue weighted by atomic mass is 32.2. The van der Waals surface area contributed by atoms with Gasteiger partial charge in [-0.3, -0.25) is 4.79 Å². The summed E-state index contributed by atoms with van der Waals surface area (Å²) in [6.45, 7) is 1.82. The van der Waals surface area contributed by atoms with Gasteiger partial charge in [-0.25, -0.2) is 0 Å². The minimum Gasteiger partial charge on any atom is -0.382 e. The second kappa shape index (κ2) is 5.40. The summed E-state index contributed by atoms with van der Waals surface area (Å²) >= 11 is 2.81. The summed E-state index contributed by atoms with van der Waals surface area (Å²) in [5.41, 5.74) is 5.71. The van der Waals surface area contributed by atoms with Gasteiger partial charge in [0.05, 0.1) is 4.90 Å². The van der Waals surface area contributed by atoms with Crippen LogP contribution < -0.4 is 11.1 Å². The first-order valence-electron chi connectivity index (χ1n) is 4.74. The molecule has 1 rings (SSSR count). The lowest BCUT2D eigenvalue weighted by molar-refractivity contribution is -0.129. The molecule has 0 fully saturated rings. The van der Waals surface area contributed by atoms with Gasteiger partial charge in [0.25, 0.3) is 0 Å². The maximum atomic E-state index is 11.7. The molecule has 1 atom stereocenters. The van der Waals surface area contributed by atoms with Gasteiger partial charge in [0.1, 0.15) is 11.0 Å². The van der Waals surface area contributed by atoms with E-state index in [0.29, 0.717) is 5.82 Å². The van der Waals surface area contributed by atoms with Gasteiger partial charge in [0.2, 0.25) is 5.91 Å². The zero-order valence-electron chi connectivity index (χ0n) is 9.77. The van der Waals surface area contributed by atoms with Crippen molar-refractivity contribution in [3.05, 3.63) is 0 Å². The van der Waals surface area contributed by atoms with Gasteiger partial charge in [0.15, 0.2) is 5.82 Å². The van der Waals surface area contributed by atoms with Crippen molar-refractivity contribution < 1.29 is 4.79 Å². The van der Waals surface area contributed by atoms with E-state index in [9.17, 15) is 4.79 Å². The molecule has 0 radical (unpaired) electrons. The predicted molar refractivity (Wildman–Crippen MR) is 70.1 cm³/mol. The number of nitrogens with two attached hydrogens (primary N) is 1. The van der Waals surface area contributed by atoms with Crippen molar-refractivity contribution >= 4 is 40.0 Å². The lowest BCUT2D eigenvalue weighted by atomic mass is 10.3. The summed E-state index contributed by atoms with van der Waals surface area (Å²) in [7, 11) is 3.47. The van der Waals surface area contributed by atoms with Crippen LogP contribution in [0.2, 0.25) is 0 Å². The fourth-order valence-electron chi connectivity index (χ4n) is 1.23. The number of rotatable bonds is 4. The molecule has 16 heavy (non-hydrogen) atoms. The van der Waals surface area contributed by atoms with Crippen LogP contribution in [0, 0.1) is 0 Å². The first-order valence-corrected chi connectivity index (χ1v) is 6.74. The Morgan fingerprint density at radius 2 is 2.25 bits per heavy atom. The lowest BCUT2D eigenvalue weighted by Crippen LogP contribution is -2.36. The van der Waals surface area contributed by atoms with E-state index in [0.717, 1.165) is 9.90 Å². The molecule has 0 bridgehead atoms. The van der Waals surface area contributed by atoms with E-state index in [1.165, 1.54) is 23.3 Å². The Balaban J connectivity index is 2.76. The predicted octanol–water partition coefficient (Wildman–Crippen LogP) is 1.34. The number of hydrogen-bond acceptors (Lipinski definition) is 6. The van der Waals surface area contributed by atoms with Gasteiger partial charge in [0, 0.05) is 14.1 Å². The quantitative estimate of drug-likeness (QED) is 0.799. The first kappa shape index (κ1) is 13.1. The Bertz CT molecular complexity index is 378. The van der Waals surface area contributed by atoms with Crippen molar-refractivity contribution in [3.8, 4) is 0 Å². The van der Waals surface area contributed by atoms with Gasteiger partial charge in [-0.1, -0.05) is 0 Å². The molecule has 1 amide bonds. The van der Waals surface area contributed by atoms with E-state index < -0.39 is 0 Å². The number of amides is 1. The van der Waals surface area contributed by atoms with Gasteiger partial charge < -0.3 is 16.0 Å². The smallest absolute Gasteiger partial charge is 0.244 e. The molecule has 0 aliphatic rings. The van der Waals surface area contributed by atoms with Crippen LogP contribution in [0.4, 0.5) is 10.8 Å². The summed E-state index contributed by atoms with van der Waals surface area (Å²) < 4.78 is 4.06. The van der Waals surface area contributed by atoms with Crippen molar-refractivity contribution in [2.45, 2.75) is 17.9 Å². The third-order valence-corrected chi connectivity index (χ3v) is 3.78. The average molecular weight is 260 g/mol. The Kier molecular flexibility index (Phi) is 4.43. The van der Waals surface area contributed by atoms with E-state index in [1.54, 1.807) is 19.0 Å². The van der Waals surface area contributed by atoms with Crippen molar-refractivity contribution in [2.24, 2.45) is 0 Å². The summed E-state index contributed by atoms with van der Waals surface area (Å²) in [6, 6.07) is -0.277. The number of nitrogen functional groups attached to an aromatic ring is 1. The number of carbonyl (C=O) groups is 1. The molecule has 1 unspecified atom stereocenters. The monoisotopic (exact) mass is 260 g/mol. The van der Waals surface area contributed by atoms with Crippen molar-refractivity contribution in [1.29, 1.82) is 0 Å². The molecule has 1 aromatic heterocycles. The number of nitrogens with one attached hydrogen (secondary N) is 1. The maximum absolute atomic E-state index is 11.7. The molecule has 1 heterocycles. The van der Waals surface area contributed by atoms with Crippen LogP contribution >= 0.6 is 23.3 Å². The number of hydrogen-bond donors (Lipinski definition) is 2. The Morgan fingerprint density at radius 3 is 2.75 bits per heavy atom. The minimum atomic E-state index is -0.277. The van der Waals surface area contributed by atoms with Crippen molar-refractivity contribution in [3.63, 3.8) is 0 Å². The molecule has 0 aromatic carbocycles. The Labute approximate surface area is 104 Å². The molecule has 0 aliphatic heterocycles. The minimum absolute atomic E-state index is 0.0269. The van der Waals surface area contributed by atoms with Crippen LogP contribution in [0.3, 0.4) is 0 Å². The number of likely N-dealkylation sites (N-methyl/N-ethyl adjacent to an activating group) is 1. The summed E-state index contributed by atoms with van der Waals surface area (Å²) in [5.74, 6) is 0.545. The Morgan fingerprint density at radius 1 is 1.62 bits per heavy atom. The van der Waals surface area contributed by atoms with E-state index in [-0.39, 0.29) is 11.9 Å². The third kappa shape index (κ3) is 2.79. The summed E-state index contributed by atoms with van der Waals surface area (Å²) in [5, 5.41) is 3.98. The SMILES string of the molecule is CSc1c(N)nsc1NC(C)C(=O)N(C)C. The van der Waals surface area contributed by atoms with E-state index in [2.05, 4.69) is 9.69 Å². The molecule has 1 aromatic rings. The largest absolute Gasteiger partial charge is 0.382 e. The van der Waals surface area contributed by atoms with Gasteiger partial charge >= 0.3 is 0 Å².